The van der Waals surface area contributed by atoms with Gasteiger partial charge in [-0.05, 0) is 48.2 Å². The third-order valence-corrected chi connectivity index (χ3v) is 4.40. The van der Waals surface area contributed by atoms with Crippen LogP contribution in [0.3, 0.4) is 0 Å². The van der Waals surface area contributed by atoms with Crippen molar-refractivity contribution in [2.75, 3.05) is 7.11 Å². The molecule has 1 atom stereocenters. The van der Waals surface area contributed by atoms with Gasteiger partial charge in [0.25, 0.3) is 5.91 Å². The molecule has 1 unspecified atom stereocenters. The number of aryl methyl sites for hydroxylation is 1. The van der Waals surface area contributed by atoms with Crippen LogP contribution in [0.1, 0.15) is 29.3 Å². The van der Waals surface area contributed by atoms with Gasteiger partial charge in [-0.1, -0.05) is 54.6 Å². The van der Waals surface area contributed by atoms with Crippen molar-refractivity contribution in [3.05, 3.63) is 77.9 Å². The Morgan fingerprint density at radius 2 is 1.64 bits per heavy atom. The highest BCUT2D eigenvalue weighted by Crippen LogP contribution is 2.26. The van der Waals surface area contributed by atoms with Gasteiger partial charge in [0.15, 0.2) is 0 Å². The second kappa shape index (κ2) is 7.84. The van der Waals surface area contributed by atoms with E-state index in [1.807, 2.05) is 61.5 Å². The number of amides is 1. The van der Waals surface area contributed by atoms with Gasteiger partial charge in [-0.3, -0.25) is 4.79 Å². The lowest BCUT2D eigenvalue weighted by molar-refractivity contribution is 0.0935. The van der Waals surface area contributed by atoms with E-state index in [1.165, 1.54) is 5.56 Å². The van der Waals surface area contributed by atoms with Crippen LogP contribution in [0.25, 0.3) is 10.8 Å². The van der Waals surface area contributed by atoms with E-state index in [-0.39, 0.29) is 11.9 Å². The third kappa shape index (κ3) is 4.18. The summed E-state index contributed by atoms with van der Waals surface area (Å²) in [4.78, 5) is 12.7. The van der Waals surface area contributed by atoms with Gasteiger partial charge in [0.1, 0.15) is 5.75 Å². The van der Waals surface area contributed by atoms with E-state index in [2.05, 4.69) is 17.4 Å². The van der Waals surface area contributed by atoms with E-state index in [0.717, 1.165) is 23.6 Å². The number of carbonyl (C=O) groups excluding carboxylic acids is 1. The van der Waals surface area contributed by atoms with Crippen molar-refractivity contribution in [2.24, 2.45) is 0 Å². The van der Waals surface area contributed by atoms with E-state index in [9.17, 15) is 4.79 Å². The molecule has 0 saturated carbocycles. The molecule has 0 spiro atoms. The Morgan fingerprint density at radius 1 is 1.00 bits per heavy atom. The molecule has 3 aromatic rings. The molecule has 0 aliphatic rings. The first kappa shape index (κ1) is 17.0. The van der Waals surface area contributed by atoms with Gasteiger partial charge in [0.2, 0.25) is 0 Å². The Kier molecular flexibility index (Phi) is 5.34. The van der Waals surface area contributed by atoms with Crippen molar-refractivity contribution in [1.29, 1.82) is 0 Å². The minimum atomic E-state index is -0.0943. The van der Waals surface area contributed by atoms with Crippen molar-refractivity contribution in [1.82, 2.24) is 5.32 Å². The maximum Gasteiger partial charge on any atom is 0.255 e. The number of methoxy groups -OCH3 is 1. The molecule has 0 aliphatic carbocycles. The minimum absolute atomic E-state index is 0.0869. The van der Waals surface area contributed by atoms with Gasteiger partial charge in [0, 0.05) is 6.04 Å². The van der Waals surface area contributed by atoms with Crippen LogP contribution in [0, 0.1) is 0 Å². The van der Waals surface area contributed by atoms with Crippen molar-refractivity contribution in [3.8, 4) is 5.75 Å². The third-order valence-electron chi connectivity index (χ3n) is 4.40. The molecule has 1 amide bonds. The first-order valence-corrected chi connectivity index (χ1v) is 8.59. The SMILES string of the molecule is COc1cc2ccccc2cc1C(=O)NC(C)CCc1ccccc1. The normalized spacial score (nSPS) is 11.9. The quantitative estimate of drug-likeness (QED) is 0.716. The summed E-state index contributed by atoms with van der Waals surface area (Å²) in [7, 11) is 1.60. The summed E-state index contributed by atoms with van der Waals surface area (Å²) < 4.78 is 5.42. The van der Waals surface area contributed by atoms with E-state index in [1.54, 1.807) is 7.11 Å². The fourth-order valence-corrected chi connectivity index (χ4v) is 2.97. The molecule has 0 aromatic heterocycles. The Morgan fingerprint density at radius 3 is 2.32 bits per heavy atom. The summed E-state index contributed by atoms with van der Waals surface area (Å²) in [5.41, 5.74) is 1.86. The maximum absolute atomic E-state index is 12.7. The lowest BCUT2D eigenvalue weighted by atomic mass is 10.0. The van der Waals surface area contributed by atoms with Crippen molar-refractivity contribution in [2.45, 2.75) is 25.8 Å². The summed E-state index contributed by atoms with van der Waals surface area (Å²) >= 11 is 0. The fourth-order valence-electron chi connectivity index (χ4n) is 2.97. The molecule has 0 bridgehead atoms. The number of nitrogens with one attached hydrogen (secondary N) is 1. The zero-order valence-electron chi connectivity index (χ0n) is 14.7. The minimum Gasteiger partial charge on any atom is -0.496 e. The summed E-state index contributed by atoms with van der Waals surface area (Å²) in [6.07, 6.45) is 1.84. The summed E-state index contributed by atoms with van der Waals surface area (Å²) in [6, 6.07) is 22.2. The number of hydrogen-bond donors (Lipinski definition) is 1. The first-order chi connectivity index (χ1) is 12.2. The van der Waals surface area contributed by atoms with Crippen LogP contribution in [-0.4, -0.2) is 19.1 Å². The van der Waals surface area contributed by atoms with Gasteiger partial charge < -0.3 is 10.1 Å². The Bertz CT molecular complexity index is 858. The molecule has 25 heavy (non-hydrogen) atoms. The van der Waals surface area contributed by atoms with Gasteiger partial charge in [-0.15, -0.1) is 0 Å². The average molecular weight is 333 g/mol. The number of ether oxygens (including phenoxy) is 1. The van der Waals surface area contributed by atoms with Crippen molar-refractivity contribution < 1.29 is 9.53 Å². The van der Waals surface area contributed by atoms with Gasteiger partial charge >= 0.3 is 0 Å². The van der Waals surface area contributed by atoms with Crippen LogP contribution in [0.2, 0.25) is 0 Å². The molecular formula is C22H23NO2. The molecule has 128 valence electrons. The molecular weight excluding hydrogens is 310 g/mol. The average Bonchev–Trinajstić information content (AvgIpc) is 2.66. The van der Waals surface area contributed by atoms with E-state index >= 15 is 0 Å². The molecule has 0 fully saturated rings. The smallest absolute Gasteiger partial charge is 0.255 e. The van der Waals surface area contributed by atoms with Crippen LogP contribution < -0.4 is 10.1 Å². The first-order valence-electron chi connectivity index (χ1n) is 8.59. The molecule has 1 N–H and O–H groups in total. The Hall–Kier alpha value is -2.81. The summed E-state index contributed by atoms with van der Waals surface area (Å²) in [5, 5.41) is 5.18. The zero-order valence-corrected chi connectivity index (χ0v) is 14.7. The molecule has 0 radical (unpaired) electrons. The second-order valence-electron chi connectivity index (χ2n) is 6.30. The van der Waals surface area contributed by atoms with Crippen LogP contribution in [0.15, 0.2) is 66.7 Å². The standard InChI is InChI=1S/C22H23NO2/c1-16(12-13-17-8-4-3-5-9-17)23-22(24)20-14-18-10-6-7-11-19(18)15-21(20)25-2/h3-11,14-16H,12-13H2,1-2H3,(H,23,24). The van der Waals surface area contributed by atoms with Crippen molar-refractivity contribution >= 4 is 16.7 Å². The fraction of sp³-hybridized carbons (Fsp3) is 0.227. The molecule has 3 aromatic carbocycles. The highest BCUT2D eigenvalue weighted by atomic mass is 16.5. The molecule has 3 nitrogen and oxygen atoms in total. The van der Waals surface area contributed by atoms with Crippen LogP contribution in [-0.2, 0) is 6.42 Å². The summed E-state index contributed by atoms with van der Waals surface area (Å²) in [6.45, 7) is 2.04. The second-order valence-corrected chi connectivity index (χ2v) is 6.30. The van der Waals surface area contributed by atoms with Crippen LogP contribution >= 0.6 is 0 Å². The van der Waals surface area contributed by atoms with E-state index < -0.39 is 0 Å². The van der Waals surface area contributed by atoms with Gasteiger partial charge in [0.05, 0.1) is 12.7 Å². The van der Waals surface area contributed by atoms with E-state index in [4.69, 9.17) is 4.74 Å². The largest absolute Gasteiger partial charge is 0.496 e. The Balaban J connectivity index is 1.70. The van der Waals surface area contributed by atoms with E-state index in [0.29, 0.717) is 11.3 Å². The summed E-state index contributed by atoms with van der Waals surface area (Å²) in [5.74, 6) is 0.509. The highest BCUT2D eigenvalue weighted by molar-refractivity contribution is 6.01. The number of hydrogen-bond acceptors (Lipinski definition) is 2. The number of rotatable bonds is 6. The van der Waals surface area contributed by atoms with Gasteiger partial charge in [-0.2, -0.15) is 0 Å². The number of benzene rings is 3. The number of carbonyl (C=O) groups is 1. The zero-order chi connectivity index (χ0) is 17.6. The van der Waals surface area contributed by atoms with Crippen LogP contribution in [0.5, 0.6) is 5.75 Å². The van der Waals surface area contributed by atoms with Crippen molar-refractivity contribution in [3.63, 3.8) is 0 Å². The predicted octanol–water partition coefficient (Wildman–Crippen LogP) is 4.60. The maximum atomic E-state index is 12.7. The van der Waals surface area contributed by atoms with Gasteiger partial charge in [-0.25, -0.2) is 0 Å². The topological polar surface area (TPSA) is 38.3 Å². The molecule has 0 saturated heterocycles. The molecule has 0 aliphatic heterocycles. The predicted molar refractivity (Wildman–Crippen MR) is 102 cm³/mol. The number of fused-ring (bicyclic) bond motifs is 1. The lowest BCUT2D eigenvalue weighted by Crippen LogP contribution is -2.33. The molecule has 3 heteroatoms. The molecule has 3 rings (SSSR count). The monoisotopic (exact) mass is 333 g/mol. The van der Waals surface area contributed by atoms with Crippen LogP contribution in [0.4, 0.5) is 0 Å². The molecule has 0 heterocycles. The Labute approximate surface area is 148 Å². The highest BCUT2D eigenvalue weighted by Gasteiger charge is 2.15. The lowest BCUT2D eigenvalue weighted by Gasteiger charge is -2.16.